The molecule has 1 aliphatic rings. The lowest BCUT2D eigenvalue weighted by Gasteiger charge is -2.08. The summed E-state index contributed by atoms with van der Waals surface area (Å²) < 4.78 is 9.91. The van der Waals surface area contributed by atoms with Gasteiger partial charge in [-0.2, -0.15) is 0 Å². The molecule has 0 fully saturated rings. The highest BCUT2D eigenvalue weighted by molar-refractivity contribution is 6.41. The number of halogens is 1. The molecule has 0 aliphatic carbocycles. The zero-order chi connectivity index (χ0) is 8.97. The van der Waals surface area contributed by atoms with E-state index >= 15 is 0 Å². The second-order valence-corrected chi connectivity index (χ2v) is 2.92. The quantitative estimate of drug-likeness (QED) is 0.501. The first-order chi connectivity index (χ1) is 5.74. The van der Waals surface area contributed by atoms with Gasteiger partial charge < -0.3 is 9.47 Å². The Bertz CT molecular complexity index is 200. The molecule has 0 saturated carbocycles. The van der Waals surface area contributed by atoms with Crippen LogP contribution in [0.25, 0.3) is 0 Å². The number of carbonyl (C=O) groups excluding carboxylic acids is 1. The van der Waals surface area contributed by atoms with Crippen molar-refractivity contribution in [1.82, 2.24) is 0 Å². The number of rotatable bonds is 4. The molecule has 1 aliphatic heterocycles. The zero-order valence-electron chi connectivity index (χ0n) is 6.88. The molecule has 0 saturated heterocycles. The van der Waals surface area contributed by atoms with Crippen molar-refractivity contribution in [1.29, 1.82) is 0 Å². The lowest BCUT2D eigenvalue weighted by atomic mass is 10.4. The number of esters is 1. The molecule has 0 amide bonds. The third-order valence-electron chi connectivity index (χ3n) is 1.48. The van der Waals surface area contributed by atoms with Crippen molar-refractivity contribution in [3.05, 3.63) is 11.1 Å². The fourth-order valence-corrected chi connectivity index (χ4v) is 0.957. The minimum absolute atomic E-state index is 0.108. The molecule has 0 spiro atoms. The number of hydrogen-bond donors (Lipinski definition) is 0. The summed E-state index contributed by atoms with van der Waals surface area (Å²) in [4.78, 5) is 10.7. The molecule has 3 nitrogen and oxygen atoms in total. The third kappa shape index (κ3) is 2.50. The normalized spacial score (nSPS) is 22.3. The van der Waals surface area contributed by atoms with E-state index in [-0.39, 0.29) is 5.03 Å². The van der Waals surface area contributed by atoms with Gasteiger partial charge in [0.15, 0.2) is 0 Å². The second kappa shape index (κ2) is 4.48. The molecular formula is C8H11ClO3. The molecule has 1 rings (SSSR count). The van der Waals surface area contributed by atoms with Crippen LogP contribution in [0.4, 0.5) is 0 Å². The molecule has 1 heterocycles. The molecule has 0 bridgehead atoms. The van der Waals surface area contributed by atoms with E-state index in [4.69, 9.17) is 21.1 Å². The van der Waals surface area contributed by atoms with E-state index in [0.717, 1.165) is 12.8 Å². The van der Waals surface area contributed by atoms with Gasteiger partial charge in [0.05, 0.1) is 6.61 Å². The van der Waals surface area contributed by atoms with E-state index < -0.39 is 12.3 Å². The first-order valence-corrected chi connectivity index (χ1v) is 4.31. The highest BCUT2D eigenvalue weighted by Gasteiger charge is 2.23. The van der Waals surface area contributed by atoms with E-state index in [1.807, 2.05) is 0 Å². The minimum Gasteiger partial charge on any atom is -0.428 e. The third-order valence-corrected chi connectivity index (χ3v) is 1.76. The topological polar surface area (TPSA) is 35.5 Å². The SMILES string of the molecule is CCCCOC1C=C(Cl)C(=O)O1. The highest BCUT2D eigenvalue weighted by Crippen LogP contribution is 2.17. The average Bonchev–Trinajstić information content (AvgIpc) is 2.32. The van der Waals surface area contributed by atoms with Crippen molar-refractivity contribution in [2.45, 2.75) is 26.1 Å². The summed E-state index contributed by atoms with van der Waals surface area (Å²) >= 11 is 5.48. The molecular weight excluding hydrogens is 180 g/mol. The fourth-order valence-electron chi connectivity index (χ4n) is 0.809. The molecule has 4 heteroatoms. The van der Waals surface area contributed by atoms with Crippen LogP contribution in [-0.2, 0) is 14.3 Å². The van der Waals surface area contributed by atoms with E-state index in [2.05, 4.69) is 6.92 Å². The lowest BCUT2D eigenvalue weighted by molar-refractivity contribution is -0.158. The van der Waals surface area contributed by atoms with Gasteiger partial charge in [0.2, 0.25) is 6.29 Å². The summed E-state index contributed by atoms with van der Waals surface area (Å²) in [6.07, 6.45) is 2.91. The Morgan fingerprint density at radius 3 is 3.00 bits per heavy atom. The number of unbranched alkanes of at least 4 members (excludes halogenated alkanes) is 1. The largest absolute Gasteiger partial charge is 0.428 e. The lowest BCUT2D eigenvalue weighted by Crippen LogP contribution is -2.12. The number of carbonyl (C=O) groups is 1. The highest BCUT2D eigenvalue weighted by atomic mass is 35.5. The van der Waals surface area contributed by atoms with E-state index in [1.165, 1.54) is 6.08 Å². The van der Waals surface area contributed by atoms with Crippen LogP contribution in [-0.4, -0.2) is 18.9 Å². The molecule has 12 heavy (non-hydrogen) atoms. The molecule has 68 valence electrons. The Morgan fingerprint density at radius 2 is 2.50 bits per heavy atom. The van der Waals surface area contributed by atoms with Crippen LogP contribution in [0.1, 0.15) is 19.8 Å². The zero-order valence-corrected chi connectivity index (χ0v) is 7.63. The molecule has 1 unspecified atom stereocenters. The Morgan fingerprint density at radius 1 is 1.75 bits per heavy atom. The number of hydrogen-bond acceptors (Lipinski definition) is 3. The van der Waals surface area contributed by atoms with Crippen molar-refractivity contribution in [3.8, 4) is 0 Å². The minimum atomic E-state index is -0.573. The number of ether oxygens (including phenoxy) is 2. The van der Waals surface area contributed by atoms with Gasteiger partial charge in [0.25, 0.3) is 0 Å². The predicted octanol–water partition coefficient (Wildman–Crippen LogP) is 1.81. The van der Waals surface area contributed by atoms with Gasteiger partial charge in [-0.1, -0.05) is 24.9 Å². The van der Waals surface area contributed by atoms with Crippen LogP contribution in [0.2, 0.25) is 0 Å². The van der Waals surface area contributed by atoms with Crippen molar-refractivity contribution < 1.29 is 14.3 Å². The summed E-state index contributed by atoms with van der Waals surface area (Å²) in [5.41, 5.74) is 0. The van der Waals surface area contributed by atoms with Crippen molar-refractivity contribution in [2.24, 2.45) is 0 Å². The van der Waals surface area contributed by atoms with Crippen LogP contribution >= 0.6 is 11.6 Å². The van der Waals surface area contributed by atoms with Gasteiger partial charge in [-0.15, -0.1) is 0 Å². The van der Waals surface area contributed by atoms with E-state index in [9.17, 15) is 4.79 Å². The van der Waals surface area contributed by atoms with Crippen LogP contribution in [0.5, 0.6) is 0 Å². The summed E-state index contributed by atoms with van der Waals surface area (Å²) in [7, 11) is 0. The molecule has 0 N–H and O–H groups in total. The van der Waals surface area contributed by atoms with Gasteiger partial charge in [-0.05, 0) is 6.42 Å². The fraction of sp³-hybridized carbons (Fsp3) is 0.625. The maximum absolute atomic E-state index is 10.7. The summed E-state index contributed by atoms with van der Waals surface area (Å²) in [6.45, 7) is 2.65. The Kier molecular flexibility index (Phi) is 3.56. The van der Waals surface area contributed by atoms with Gasteiger partial charge in [-0.3, -0.25) is 0 Å². The first-order valence-electron chi connectivity index (χ1n) is 3.94. The number of cyclic esters (lactones) is 1. The van der Waals surface area contributed by atoms with Crippen molar-refractivity contribution in [2.75, 3.05) is 6.61 Å². The Hall–Kier alpha value is -0.540. The van der Waals surface area contributed by atoms with Crippen molar-refractivity contribution >= 4 is 17.6 Å². The maximum atomic E-state index is 10.7. The summed E-state index contributed by atoms with van der Waals surface area (Å²) in [5, 5.41) is 0.108. The summed E-state index contributed by atoms with van der Waals surface area (Å²) in [5.74, 6) is -0.502. The average molecular weight is 191 g/mol. The maximum Gasteiger partial charge on any atom is 0.352 e. The van der Waals surface area contributed by atoms with Crippen LogP contribution < -0.4 is 0 Å². The molecule has 0 aromatic rings. The van der Waals surface area contributed by atoms with E-state index in [0.29, 0.717) is 6.61 Å². The van der Waals surface area contributed by atoms with Gasteiger partial charge in [0, 0.05) is 6.08 Å². The molecule has 0 aromatic heterocycles. The Balaban J connectivity index is 2.24. The standard InChI is InChI=1S/C8H11ClO3/c1-2-3-4-11-7-5-6(9)8(10)12-7/h5,7H,2-4H2,1H3. The predicted molar refractivity (Wildman–Crippen MR) is 44.7 cm³/mol. The smallest absolute Gasteiger partial charge is 0.352 e. The van der Waals surface area contributed by atoms with Crippen LogP contribution in [0.3, 0.4) is 0 Å². The molecule has 1 atom stereocenters. The molecule has 0 aromatic carbocycles. The van der Waals surface area contributed by atoms with Crippen molar-refractivity contribution in [3.63, 3.8) is 0 Å². The van der Waals surface area contributed by atoms with Gasteiger partial charge in [-0.25, -0.2) is 4.79 Å². The second-order valence-electron chi connectivity index (χ2n) is 2.51. The Labute approximate surface area is 76.3 Å². The molecule has 0 radical (unpaired) electrons. The van der Waals surface area contributed by atoms with Crippen LogP contribution in [0.15, 0.2) is 11.1 Å². The van der Waals surface area contributed by atoms with E-state index in [1.54, 1.807) is 0 Å². The first kappa shape index (κ1) is 9.55. The van der Waals surface area contributed by atoms with Gasteiger partial charge >= 0.3 is 5.97 Å². The summed E-state index contributed by atoms with van der Waals surface area (Å²) in [6, 6.07) is 0. The monoisotopic (exact) mass is 190 g/mol. The van der Waals surface area contributed by atoms with Crippen LogP contribution in [0, 0.1) is 0 Å². The van der Waals surface area contributed by atoms with Gasteiger partial charge in [0.1, 0.15) is 5.03 Å².